The number of rotatable bonds is 8. The number of ether oxygens (including phenoxy) is 1. The maximum atomic E-state index is 11.9. The van der Waals surface area contributed by atoms with E-state index in [0.29, 0.717) is 11.4 Å². The van der Waals surface area contributed by atoms with Gasteiger partial charge in [0.05, 0.1) is 0 Å². The van der Waals surface area contributed by atoms with E-state index in [9.17, 15) is 9.59 Å². The molecule has 0 radical (unpaired) electrons. The van der Waals surface area contributed by atoms with Crippen molar-refractivity contribution in [1.82, 2.24) is 0 Å². The number of amides is 1. The predicted molar refractivity (Wildman–Crippen MR) is 107 cm³/mol. The van der Waals surface area contributed by atoms with Crippen molar-refractivity contribution in [3.8, 4) is 0 Å². The lowest BCUT2D eigenvalue weighted by molar-refractivity contribution is -0.147. The van der Waals surface area contributed by atoms with Gasteiger partial charge in [0.2, 0.25) is 0 Å². The quantitative estimate of drug-likeness (QED) is 0.390. The Morgan fingerprint density at radius 1 is 1.12 bits per heavy atom. The van der Waals surface area contributed by atoms with E-state index in [1.54, 1.807) is 11.8 Å². The second-order valence-electron chi connectivity index (χ2n) is 5.93. The van der Waals surface area contributed by atoms with E-state index in [1.165, 1.54) is 0 Å². The largest absolute Gasteiger partial charge is 0.456 e. The summed E-state index contributed by atoms with van der Waals surface area (Å²) < 4.78 is 5.04. The molecule has 0 saturated heterocycles. The van der Waals surface area contributed by atoms with Crippen molar-refractivity contribution in [2.45, 2.75) is 31.6 Å². The Balaban J connectivity index is 1.64. The number of hydrogen-bond donors (Lipinski definition) is 1. The van der Waals surface area contributed by atoms with Crippen molar-refractivity contribution in [3.05, 3.63) is 58.6 Å². The van der Waals surface area contributed by atoms with Crippen LogP contribution in [0.2, 0.25) is 5.02 Å². The van der Waals surface area contributed by atoms with Gasteiger partial charge in [-0.15, -0.1) is 11.8 Å². The molecule has 0 aliphatic heterocycles. The van der Waals surface area contributed by atoms with Crippen LogP contribution in [0.15, 0.2) is 47.4 Å². The number of halogens is 1. The lowest BCUT2D eigenvalue weighted by atomic mass is 10.1. The highest BCUT2D eigenvalue weighted by atomic mass is 35.5. The Hall–Kier alpha value is -1.98. The van der Waals surface area contributed by atoms with Gasteiger partial charge >= 0.3 is 5.97 Å². The van der Waals surface area contributed by atoms with Crippen LogP contribution in [0.1, 0.15) is 24.0 Å². The van der Waals surface area contributed by atoms with Crippen LogP contribution in [-0.4, -0.2) is 24.2 Å². The molecule has 0 unspecified atom stereocenters. The first-order valence-electron chi connectivity index (χ1n) is 8.35. The third kappa shape index (κ3) is 7.10. The Morgan fingerprint density at radius 3 is 2.58 bits per heavy atom. The maximum Gasteiger partial charge on any atom is 0.306 e. The van der Waals surface area contributed by atoms with Crippen LogP contribution in [0.4, 0.5) is 5.69 Å². The number of hydrogen-bond acceptors (Lipinski definition) is 4. The van der Waals surface area contributed by atoms with E-state index >= 15 is 0 Å². The Bertz CT molecular complexity index is 762. The summed E-state index contributed by atoms with van der Waals surface area (Å²) in [6.07, 6.45) is 0.974. The molecule has 26 heavy (non-hydrogen) atoms. The number of esters is 1. The van der Waals surface area contributed by atoms with Crippen molar-refractivity contribution in [3.63, 3.8) is 0 Å². The minimum Gasteiger partial charge on any atom is -0.456 e. The van der Waals surface area contributed by atoms with Gasteiger partial charge in [0.1, 0.15) is 0 Å². The molecular weight excluding hydrogens is 370 g/mol. The van der Waals surface area contributed by atoms with Crippen LogP contribution < -0.4 is 5.32 Å². The van der Waals surface area contributed by atoms with Crippen LogP contribution in [-0.2, 0) is 14.3 Å². The molecule has 0 aliphatic carbocycles. The number of carbonyl (C=O) groups is 2. The van der Waals surface area contributed by atoms with Gasteiger partial charge in [-0.25, -0.2) is 0 Å². The summed E-state index contributed by atoms with van der Waals surface area (Å²) in [5.74, 6) is 0.103. The summed E-state index contributed by atoms with van der Waals surface area (Å²) in [4.78, 5) is 24.8. The van der Waals surface area contributed by atoms with Crippen LogP contribution in [0.25, 0.3) is 0 Å². The topological polar surface area (TPSA) is 55.4 Å². The van der Waals surface area contributed by atoms with E-state index in [-0.39, 0.29) is 24.9 Å². The third-order valence-electron chi connectivity index (χ3n) is 3.64. The van der Waals surface area contributed by atoms with Crippen LogP contribution in [0, 0.1) is 13.8 Å². The van der Waals surface area contributed by atoms with Crippen LogP contribution in [0.5, 0.6) is 0 Å². The highest BCUT2D eigenvalue weighted by Crippen LogP contribution is 2.21. The second-order valence-corrected chi connectivity index (χ2v) is 7.54. The van der Waals surface area contributed by atoms with E-state index in [1.807, 2.05) is 56.3 Å². The molecular formula is C20H22ClNO3S. The molecule has 1 amide bonds. The fourth-order valence-electron chi connectivity index (χ4n) is 2.21. The minimum atomic E-state index is -0.363. The van der Waals surface area contributed by atoms with Crippen LogP contribution in [0.3, 0.4) is 0 Å². The molecule has 138 valence electrons. The van der Waals surface area contributed by atoms with Gasteiger partial charge in [0.15, 0.2) is 6.61 Å². The zero-order valence-electron chi connectivity index (χ0n) is 14.9. The molecule has 0 saturated carbocycles. The Morgan fingerprint density at radius 2 is 1.85 bits per heavy atom. The summed E-state index contributed by atoms with van der Waals surface area (Å²) >= 11 is 7.49. The zero-order chi connectivity index (χ0) is 18.9. The predicted octanol–water partition coefficient (Wildman–Crippen LogP) is 5.01. The maximum absolute atomic E-state index is 11.9. The third-order valence-corrected chi connectivity index (χ3v) is 4.99. The molecule has 4 nitrogen and oxygen atoms in total. The lowest BCUT2D eigenvalue weighted by Gasteiger charge is -2.10. The lowest BCUT2D eigenvalue weighted by Crippen LogP contribution is -2.21. The molecule has 0 fully saturated rings. The molecule has 0 bridgehead atoms. The fraction of sp³-hybridized carbons (Fsp3) is 0.300. The molecule has 2 rings (SSSR count). The average Bonchev–Trinajstić information content (AvgIpc) is 2.61. The molecule has 0 aliphatic rings. The normalized spacial score (nSPS) is 10.4. The van der Waals surface area contributed by atoms with E-state index in [0.717, 1.165) is 27.5 Å². The SMILES string of the molecule is Cc1ccc(C)c(NC(=O)COC(=O)CCCSc2ccc(Cl)cc2)c1. The smallest absolute Gasteiger partial charge is 0.306 e. The molecule has 0 aromatic heterocycles. The Kier molecular flexibility index (Phi) is 8.01. The van der Waals surface area contributed by atoms with Crippen LogP contribution >= 0.6 is 23.4 Å². The number of anilines is 1. The van der Waals surface area contributed by atoms with Gasteiger partial charge in [-0.1, -0.05) is 23.7 Å². The van der Waals surface area contributed by atoms with Gasteiger partial charge in [-0.3, -0.25) is 9.59 Å². The van der Waals surface area contributed by atoms with Crippen molar-refractivity contribution < 1.29 is 14.3 Å². The summed E-state index contributed by atoms with van der Waals surface area (Å²) in [5, 5.41) is 3.47. The Labute approximate surface area is 163 Å². The van der Waals surface area contributed by atoms with Crippen molar-refractivity contribution in [1.29, 1.82) is 0 Å². The molecule has 0 spiro atoms. The molecule has 6 heteroatoms. The molecule has 0 heterocycles. The zero-order valence-corrected chi connectivity index (χ0v) is 16.5. The molecule has 2 aromatic carbocycles. The number of benzene rings is 2. The van der Waals surface area contributed by atoms with Gasteiger partial charge in [0.25, 0.3) is 5.91 Å². The van der Waals surface area contributed by atoms with Crippen molar-refractivity contribution in [2.24, 2.45) is 0 Å². The summed E-state index contributed by atoms with van der Waals surface area (Å²) in [6, 6.07) is 13.4. The molecule has 2 aromatic rings. The highest BCUT2D eigenvalue weighted by Gasteiger charge is 2.09. The summed E-state index contributed by atoms with van der Waals surface area (Å²) in [7, 11) is 0. The fourth-order valence-corrected chi connectivity index (χ4v) is 3.19. The van der Waals surface area contributed by atoms with Crippen molar-refractivity contribution >= 4 is 40.9 Å². The first-order chi connectivity index (χ1) is 12.4. The monoisotopic (exact) mass is 391 g/mol. The highest BCUT2D eigenvalue weighted by molar-refractivity contribution is 7.99. The van der Waals surface area contributed by atoms with Gasteiger partial charge in [0, 0.05) is 22.0 Å². The standard InChI is InChI=1S/C20H22ClNO3S/c1-14-5-6-15(2)18(12-14)22-19(23)13-25-20(24)4-3-11-26-17-9-7-16(21)8-10-17/h5-10,12H,3-4,11,13H2,1-2H3,(H,22,23). The van der Waals surface area contributed by atoms with Gasteiger partial charge < -0.3 is 10.1 Å². The average molecular weight is 392 g/mol. The number of nitrogens with one attached hydrogen (secondary N) is 1. The minimum absolute atomic E-state index is 0.267. The van der Waals surface area contributed by atoms with E-state index in [4.69, 9.17) is 16.3 Å². The number of thioether (sulfide) groups is 1. The van der Waals surface area contributed by atoms with Crippen molar-refractivity contribution in [2.75, 3.05) is 17.7 Å². The first-order valence-corrected chi connectivity index (χ1v) is 9.71. The number of aryl methyl sites for hydroxylation is 2. The van der Waals surface area contributed by atoms with Gasteiger partial charge in [-0.05, 0) is 67.5 Å². The van der Waals surface area contributed by atoms with E-state index < -0.39 is 0 Å². The van der Waals surface area contributed by atoms with E-state index in [2.05, 4.69) is 5.32 Å². The van der Waals surface area contributed by atoms with Gasteiger partial charge in [-0.2, -0.15) is 0 Å². The second kappa shape index (κ2) is 10.2. The summed E-state index contributed by atoms with van der Waals surface area (Å²) in [5.41, 5.74) is 2.76. The molecule has 1 N–H and O–H groups in total. The molecule has 0 atom stereocenters. The number of carbonyl (C=O) groups excluding carboxylic acids is 2. The first kappa shape index (κ1) is 20.3. The summed E-state index contributed by atoms with van der Waals surface area (Å²) in [6.45, 7) is 3.60.